The number of nitrogens with zero attached hydrogens (tertiary/aromatic N) is 5. The van der Waals surface area contributed by atoms with Gasteiger partial charge in [-0.1, -0.05) is 11.8 Å². The Morgan fingerprint density at radius 2 is 2.32 bits per heavy atom. The quantitative estimate of drug-likeness (QED) is 0.826. The van der Waals surface area contributed by atoms with Crippen LogP contribution in [-0.2, 0) is 18.8 Å². The van der Waals surface area contributed by atoms with Crippen molar-refractivity contribution < 1.29 is 0 Å². The molecule has 2 heterocycles. The van der Waals surface area contributed by atoms with Gasteiger partial charge in [0.25, 0.3) is 0 Å². The van der Waals surface area contributed by atoms with Crippen LogP contribution >= 0.6 is 11.8 Å². The molecular weight excluding hydrogens is 260 g/mol. The third kappa shape index (κ3) is 3.10. The summed E-state index contributed by atoms with van der Waals surface area (Å²) in [5.41, 5.74) is 7.07. The smallest absolute Gasteiger partial charge is 0.191 e. The normalized spacial score (nSPS) is 10.4. The maximum atomic E-state index is 8.81. The van der Waals surface area contributed by atoms with Crippen molar-refractivity contribution in [2.45, 2.75) is 30.9 Å². The van der Waals surface area contributed by atoms with E-state index in [0.717, 1.165) is 28.8 Å². The van der Waals surface area contributed by atoms with Crippen LogP contribution in [0.25, 0.3) is 0 Å². The fourth-order valence-electron chi connectivity index (χ4n) is 1.67. The molecule has 2 aromatic rings. The second-order valence-electron chi connectivity index (χ2n) is 3.80. The third-order valence-corrected chi connectivity index (χ3v) is 3.64. The molecule has 0 bridgehead atoms. The Kier molecular flexibility index (Phi) is 4.49. The molecule has 0 aliphatic rings. The molecule has 0 aromatic carbocycles. The van der Waals surface area contributed by atoms with E-state index in [-0.39, 0.29) is 0 Å². The van der Waals surface area contributed by atoms with Gasteiger partial charge in [-0.05, 0) is 24.6 Å². The van der Waals surface area contributed by atoms with Gasteiger partial charge >= 0.3 is 0 Å². The summed E-state index contributed by atoms with van der Waals surface area (Å²) < 4.78 is 2.00. The summed E-state index contributed by atoms with van der Waals surface area (Å²) in [4.78, 5) is 3.94. The monoisotopic (exact) mass is 274 g/mol. The predicted molar refractivity (Wildman–Crippen MR) is 72.1 cm³/mol. The minimum absolute atomic E-state index is 0.384. The molecular formula is C12H14N6S. The zero-order chi connectivity index (χ0) is 13.7. The topological polar surface area (TPSA) is 93.4 Å². The lowest BCUT2D eigenvalue weighted by Gasteiger charge is -2.05. The molecule has 2 N–H and O–H groups in total. The van der Waals surface area contributed by atoms with Gasteiger partial charge in [-0.3, -0.25) is 0 Å². The van der Waals surface area contributed by atoms with Crippen LogP contribution in [0.1, 0.15) is 24.0 Å². The van der Waals surface area contributed by atoms with Crippen LogP contribution in [0, 0.1) is 11.3 Å². The predicted octanol–water partition coefficient (Wildman–Crippen LogP) is 1.32. The highest BCUT2D eigenvalue weighted by atomic mass is 32.2. The number of aromatic nitrogens is 4. The van der Waals surface area contributed by atoms with Gasteiger partial charge < -0.3 is 10.3 Å². The van der Waals surface area contributed by atoms with E-state index >= 15 is 0 Å². The van der Waals surface area contributed by atoms with Crippen LogP contribution in [0.5, 0.6) is 0 Å². The van der Waals surface area contributed by atoms with Gasteiger partial charge in [-0.25, -0.2) is 4.98 Å². The fraction of sp³-hybridized carbons (Fsp3) is 0.333. The highest BCUT2D eigenvalue weighted by Crippen LogP contribution is 2.21. The molecule has 0 aliphatic heterocycles. The van der Waals surface area contributed by atoms with Gasteiger partial charge in [0.15, 0.2) is 5.16 Å². The molecule has 2 rings (SSSR count). The first-order valence-electron chi connectivity index (χ1n) is 5.88. The van der Waals surface area contributed by atoms with Gasteiger partial charge in [0, 0.05) is 18.5 Å². The summed E-state index contributed by atoms with van der Waals surface area (Å²) in [5, 5.41) is 17.8. The van der Waals surface area contributed by atoms with Crippen molar-refractivity contribution in [2.24, 2.45) is 5.73 Å². The van der Waals surface area contributed by atoms with E-state index in [0.29, 0.717) is 12.2 Å². The number of nitrogens with two attached hydrogens (primary N) is 1. The van der Waals surface area contributed by atoms with Crippen LogP contribution in [0.3, 0.4) is 0 Å². The molecule has 0 fully saturated rings. The molecule has 7 heteroatoms. The van der Waals surface area contributed by atoms with Crippen molar-refractivity contribution in [1.82, 2.24) is 19.7 Å². The first-order chi connectivity index (χ1) is 9.28. The number of thioether (sulfide) groups is 1. The number of hydrogen-bond acceptors (Lipinski definition) is 6. The second-order valence-corrected chi connectivity index (χ2v) is 4.74. The molecule has 19 heavy (non-hydrogen) atoms. The van der Waals surface area contributed by atoms with Crippen LogP contribution in [0.2, 0.25) is 0 Å². The van der Waals surface area contributed by atoms with Crippen molar-refractivity contribution in [3.05, 3.63) is 35.4 Å². The van der Waals surface area contributed by atoms with Crippen LogP contribution in [0.4, 0.5) is 0 Å². The average Bonchev–Trinajstić information content (AvgIpc) is 2.87. The second kappa shape index (κ2) is 6.31. The molecule has 0 atom stereocenters. The Morgan fingerprint density at radius 3 is 3.00 bits per heavy atom. The van der Waals surface area contributed by atoms with Crippen molar-refractivity contribution in [3.8, 4) is 6.07 Å². The lowest BCUT2D eigenvalue weighted by Crippen LogP contribution is -2.08. The summed E-state index contributed by atoms with van der Waals surface area (Å²) in [6.45, 7) is 3.21. The average molecular weight is 274 g/mol. The van der Waals surface area contributed by atoms with Gasteiger partial charge in [0.1, 0.15) is 17.6 Å². The lowest BCUT2D eigenvalue weighted by molar-refractivity contribution is 0.643. The molecule has 0 aliphatic carbocycles. The number of pyridine rings is 1. The Morgan fingerprint density at radius 1 is 1.47 bits per heavy atom. The minimum atomic E-state index is 0.384. The van der Waals surface area contributed by atoms with Crippen LogP contribution in [-0.4, -0.2) is 19.7 Å². The molecule has 0 unspecified atom stereocenters. The molecule has 0 saturated carbocycles. The molecule has 0 spiro atoms. The Labute approximate surface area is 115 Å². The minimum Gasteiger partial charge on any atom is -0.324 e. The van der Waals surface area contributed by atoms with Crippen molar-refractivity contribution >= 4 is 11.8 Å². The summed E-state index contributed by atoms with van der Waals surface area (Å²) in [6.07, 6.45) is 1.64. The van der Waals surface area contributed by atoms with E-state index in [1.807, 2.05) is 23.6 Å². The van der Waals surface area contributed by atoms with E-state index in [1.165, 1.54) is 0 Å². The first kappa shape index (κ1) is 13.5. The van der Waals surface area contributed by atoms with Crippen molar-refractivity contribution in [2.75, 3.05) is 0 Å². The van der Waals surface area contributed by atoms with Crippen LogP contribution < -0.4 is 5.73 Å². The van der Waals surface area contributed by atoms with Gasteiger partial charge in [0.05, 0.1) is 6.54 Å². The lowest BCUT2D eigenvalue weighted by atomic mass is 10.2. The number of hydrogen-bond donors (Lipinski definition) is 1. The summed E-state index contributed by atoms with van der Waals surface area (Å²) >= 11 is 1.58. The van der Waals surface area contributed by atoms with E-state index in [1.54, 1.807) is 24.0 Å². The third-order valence-electron chi connectivity index (χ3n) is 2.60. The fourth-order valence-corrected chi connectivity index (χ4v) is 2.63. The Balaban J connectivity index is 2.10. The number of nitriles is 1. The van der Waals surface area contributed by atoms with E-state index in [9.17, 15) is 0 Å². The SMILES string of the molecule is CCn1c(CN)nnc1SCc1ccnc(C#N)c1. The summed E-state index contributed by atoms with van der Waals surface area (Å²) in [5.74, 6) is 1.51. The summed E-state index contributed by atoms with van der Waals surface area (Å²) in [6, 6.07) is 5.71. The first-order valence-corrected chi connectivity index (χ1v) is 6.87. The van der Waals surface area contributed by atoms with Gasteiger partial charge in [-0.2, -0.15) is 5.26 Å². The van der Waals surface area contributed by atoms with Crippen molar-refractivity contribution in [3.63, 3.8) is 0 Å². The van der Waals surface area contributed by atoms with E-state index < -0.39 is 0 Å². The molecule has 2 aromatic heterocycles. The largest absolute Gasteiger partial charge is 0.324 e. The van der Waals surface area contributed by atoms with Crippen molar-refractivity contribution in [1.29, 1.82) is 5.26 Å². The number of rotatable bonds is 5. The molecule has 0 radical (unpaired) electrons. The van der Waals surface area contributed by atoms with Crippen LogP contribution in [0.15, 0.2) is 23.5 Å². The Hall–Kier alpha value is -1.91. The van der Waals surface area contributed by atoms with E-state index in [4.69, 9.17) is 11.0 Å². The maximum Gasteiger partial charge on any atom is 0.191 e. The van der Waals surface area contributed by atoms with E-state index in [2.05, 4.69) is 15.2 Å². The van der Waals surface area contributed by atoms with Gasteiger partial charge in [0.2, 0.25) is 0 Å². The zero-order valence-corrected chi connectivity index (χ0v) is 11.4. The van der Waals surface area contributed by atoms with Gasteiger partial charge in [-0.15, -0.1) is 10.2 Å². The molecule has 0 amide bonds. The molecule has 6 nitrogen and oxygen atoms in total. The maximum absolute atomic E-state index is 8.81. The Bertz CT molecular complexity index is 601. The molecule has 98 valence electrons. The molecule has 0 saturated heterocycles. The summed E-state index contributed by atoms with van der Waals surface area (Å²) in [7, 11) is 0. The highest BCUT2D eigenvalue weighted by Gasteiger charge is 2.10. The standard InChI is InChI=1S/C12H14N6S/c1-2-18-11(7-14)16-17-12(18)19-8-9-3-4-15-10(5-9)6-13/h3-5H,2,7-8,14H2,1H3. The highest BCUT2D eigenvalue weighted by molar-refractivity contribution is 7.98. The zero-order valence-electron chi connectivity index (χ0n) is 10.6.